The molecule has 1 rings (SSSR count). The normalized spacial score (nSPS) is 13.8. The van der Waals surface area contributed by atoms with Crippen LogP contribution in [-0.4, -0.2) is 18.8 Å². The topological polar surface area (TPSA) is 12.0 Å². The zero-order chi connectivity index (χ0) is 12.2. The highest BCUT2D eigenvalue weighted by Gasteiger charge is 2.38. The molecule has 0 amide bonds. The first kappa shape index (κ1) is 13.3. The molecule has 0 bridgehead atoms. The Morgan fingerprint density at radius 2 is 1.81 bits per heavy atom. The predicted octanol–water partition coefficient (Wildman–Crippen LogP) is 3.42. The molecule has 1 aromatic carbocycles. The molecule has 0 spiro atoms. The maximum Gasteiger partial charge on any atom is 0.404 e. The van der Waals surface area contributed by atoms with Gasteiger partial charge in [-0.3, -0.25) is 0 Å². The molecular formula is C11H13ClF3N. The van der Waals surface area contributed by atoms with Crippen LogP contribution >= 0.6 is 11.6 Å². The minimum absolute atomic E-state index is 0.0749. The molecule has 0 heterocycles. The number of hydrogen-bond donors (Lipinski definition) is 1. The number of nitrogens with one attached hydrogen (secondary N) is 1. The number of benzene rings is 1. The molecule has 0 aliphatic carbocycles. The summed E-state index contributed by atoms with van der Waals surface area (Å²) in [6.07, 6.45) is -4.30. The van der Waals surface area contributed by atoms with Gasteiger partial charge in [0.15, 0.2) is 0 Å². The fourth-order valence-corrected chi connectivity index (χ4v) is 1.53. The third-order valence-electron chi connectivity index (χ3n) is 2.20. The molecule has 90 valence electrons. The quantitative estimate of drug-likeness (QED) is 0.865. The lowest BCUT2D eigenvalue weighted by Gasteiger charge is -2.21. The standard InChI is InChI=1S/C11H13ClF3N/c1-2-16-10(11(13,14)15)7-8-3-5-9(12)6-4-8/h3-6,10,16H,2,7H2,1H3. The van der Waals surface area contributed by atoms with E-state index < -0.39 is 12.2 Å². The summed E-state index contributed by atoms with van der Waals surface area (Å²) in [6, 6.07) is 4.90. The number of alkyl halides is 3. The molecule has 0 fully saturated rings. The Bertz CT molecular complexity index is 321. The van der Waals surface area contributed by atoms with Crippen molar-refractivity contribution in [2.45, 2.75) is 25.6 Å². The van der Waals surface area contributed by atoms with Crippen LogP contribution in [0.5, 0.6) is 0 Å². The van der Waals surface area contributed by atoms with Gasteiger partial charge in [0.2, 0.25) is 0 Å². The summed E-state index contributed by atoms with van der Waals surface area (Å²) in [6.45, 7) is 1.94. The molecule has 1 aromatic rings. The summed E-state index contributed by atoms with van der Waals surface area (Å²) in [7, 11) is 0. The molecule has 0 radical (unpaired) electrons. The Hall–Kier alpha value is -0.740. The first-order valence-corrected chi connectivity index (χ1v) is 5.36. The average Bonchev–Trinajstić information content (AvgIpc) is 2.19. The summed E-state index contributed by atoms with van der Waals surface area (Å²) in [5.74, 6) is 0. The zero-order valence-electron chi connectivity index (χ0n) is 8.81. The fraction of sp³-hybridized carbons (Fsp3) is 0.455. The van der Waals surface area contributed by atoms with Gasteiger partial charge in [-0.2, -0.15) is 13.2 Å². The molecule has 0 saturated carbocycles. The van der Waals surface area contributed by atoms with E-state index in [1.165, 1.54) is 0 Å². The van der Waals surface area contributed by atoms with Crippen LogP contribution in [0.4, 0.5) is 13.2 Å². The highest BCUT2D eigenvalue weighted by Crippen LogP contribution is 2.23. The van der Waals surface area contributed by atoms with Crippen molar-refractivity contribution < 1.29 is 13.2 Å². The lowest BCUT2D eigenvalue weighted by atomic mass is 10.1. The largest absolute Gasteiger partial charge is 0.404 e. The second-order valence-electron chi connectivity index (χ2n) is 3.48. The summed E-state index contributed by atoms with van der Waals surface area (Å²) in [5.41, 5.74) is 0.618. The van der Waals surface area contributed by atoms with Crippen molar-refractivity contribution in [2.24, 2.45) is 0 Å². The van der Waals surface area contributed by atoms with E-state index in [0.29, 0.717) is 10.6 Å². The van der Waals surface area contributed by atoms with Crippen molar-refractivity contribution in [3.8, 4) is 0 Å². The molecule has 0 aromatic heterocycles. The van der Waals surface area contributed by atoms with Gasteiger partial charge in [-0.15, -0.1) is 0 Å². The maximum absolute atomic E-state index is 12.6. The zero-order valence-corrected chi connectivity index (χ0v) is 9.57. The van der Waals surface area contributed by atoms with Gasteiger partial charge in [0.25, 0.3) is 0 Å². The third-order valence-corrected chi connectivity index (χ3v) is 2.45. The van der Waals surface area contributed by atoms with Crippen molar-refractivity contribution in [3.63, 3.8) is 0 Å². The van der Waals surface area contributed by atoms with Gasteiger partial charge in [-0.05, 0) is 30.7 Å². The minimum atomic E-state index is -4.23. The van der Waals surface area contributed by atoms with Crippen molar-refractivity contribution in [3.05, 3.63) is 34.9 Å². The lowest BCUT2D eigenvalue weighted by Crippen LogP contribution is -2.43. The van der Waals surface area contributed by atoms with E-state index in [4.69, 9.17) is 11.6 Å². The van der Waals surface area contributed by atoms with Gasteiger partial charge < -0.3 is 5.32 Å². The van der Waals surface area contributed by atoms with E-state index in [1.54, 1.807) is 31.2 Å². The molecule has 1 N–H and O–H groups in total. The van der Waals surface area contributed by atoms with E-state index in [9.17, 15) is 13.2 Å². The third kappa shape index (κ3) is 4.02. The Morgan fingerprint density at radius 1 is 1.25 bits per heavy atom. The van der Waals surface area contributed by atoms with Gasteiger partial charge in [0.05, 0.1) is 0 Å². The van der Waals surface area contributed by atoms with Crippen LogP contribution in [0.1, 0.15) is 12.5 Å². The molecular weight excluding hydrogens is 239 g/mol. The lowest BCUT2D eigenvalue weighted by molar-refractivity contribution is -0.155. The van der Waals surface area contributed by atoms with E-state index in [2.05, 4.69) is 5.32 Å². The molecule has 16 heavy (non-hydrogen) atoms. The van der Waals surface area contributed by atoms with Crippen molar-refractivity contribution in [1.29, 1.82) is 0 Å². The van der Waals surface area contributed by atoms with Crippen LogP contribution in [0.15, 0.2) is 24.3 Å². The molecule has 0 saturated heterocycles. The molecule has 5 heteroatoms. The summed E-state index contributed by atoms with van der Waals surface area (Å²) in [5, 5.41) is 2.95. The number of hydrogen-bond acceptors (Lipinski definition) is 1. The summed E-state index contributed by atoms with van der Waals surface area (Å²) in [4.78, 5) is 0. The molecule has 1 atom stereocenters. The van der Waals surface area contributed by atoms with E-state index in [0.717, 1.165) is 0 Å². The number of halogens is 4. The maximum atomic E-state index is 12.6. The summed E-state index contributed by atoms with van der Waals surface area (Å²) >= 11 is 5.66. The Balaban J connectivity index is 2.72. The Morgan fingerprint density at radius 3 is 2.25 bits per heavy atom. The van der Waals surface area contributed by atoms with Crippen LogP contribution in [0.25, 0.3) is 0 Å². The summed E-state index contributed by atoms with van der Waals surface area (Å²) < 4.78 is 37.8. The Labute approximate surface area is 97.6 Å². The van der Waals surface area contributed by atoms with Crippen LogP contribution in [-0.2, 0) is 6.42 Å². The fourth-order valence-electron chi connectivity index (χ4n) is 1.41. The highest BCUT2D eigenvalue weighted by molar-refractivity contribution is 6.30. The molecule has 1 unspecified atom stereocenters. The monoisotopic (exact) mass is 251 g/mol. The minimum Gasteiger partial charge on any atom is -0.306 e. The second-order valence-corrected chi connectivity index (χ2v) is 3.92. The molecule has 0 aliphatic rings. The Kier molecular flexibility index (Phi) is 4.62. The van der Waals surface area contributed by atoms with Crippen molar-refractivity contribution in [1.82, 2.24) is 5.32 Å². The van der Waals surface area contributed by atoms with Crippen molar-refractivity contribution >= 4 is 11.6 Å². The smallest absolute Gasteiger partial charge is 0.306 e. The van der Waals surface area contributed by atoms with Gasteiger partial charge in [0, 0.05) is 5.02 Å². The highest BCUT2D eigenvalue weighted by atomic mass is 35.5. The second kappa shape index (κ2) is 5.55. The van der Waals surface area contributed by atoms with Gasteiger partial charge in [0.1, 0.15) is 6.04 Å². The van der Waals surface area contributed by atoms with E-state index in [1.807, 2.05) is 0 Å². The van der Waals surface area contributed by atoms with E-state index in [-0.39, 0.29) is 13.0 Å². The van der Waals surface area contributed by atoms with Gasteiger partial charge in [-0.25, -0.2) is 0 Å². The first-order valence-electron chi connectivity index (χ1n) is 4.98. The van der Waals surface area contributed by atoms with Gasteiger partial charge in [-0.1, -0.05) is 30.7 Å². The van der Waals surface area contributed by atoms with Crippen molar-refractivity contribution in [2.75, 3.05) is 6.54 Å². The SMILES string of the molecule is CCNC(Cc1ccc(Cl)cc1)C(F)(F)F. The van der Waals surface area contributed by atoms with E-state index >= 15 is 0 Å². The number of rotatable bonds is 4. The van der Waals surface area contributed by atoms with Crippen LogP contribution in [0.3, 0.4) is 0 Å². The van der Waals surface area contributed by atoms with Gasteiger partial charge >= 0.3 is 6.18 Å². The van der Waals surface area contributed by atoms with Crippen LogP contribution < -0.4 is 5.32 Å². The van der Waals surface area contributed by atoms with Crippen LogP contribution in [0.2, 0.25) is 5.02 Å². The molecule has 1 nitrogen and oxygen atoms in total. The predicted molar refractivity (Wildman–Crippen MR) is 58.7 cm³/mol. The molecule has 0 aliphatic heterocycles. The van der Waals surface area contributed by atoms with Crippen LogP contribution in [0, 0.1) is 0 Å². The average molecular weight is 252 g/mol. The number of likely N-dealkylation sites (N-methyl/N-ethyl adjacent to an activating group) is 1. The first-order chi connectivity index (χ1) is 7.43.